The fourth-order valence-corrected chi connectivity index (χ4v) is 3.14. The molecule has 0 saturated carbocycles. The number of carboxylic acids is 1. The molecule has 1 N–H and O–H groups in total. The van der Waals surface area contributed by atoms with Gasteiger partial charge in [0.1, 0.15) is 0 Å². The monoisotopic (exact) mass is 354 g/mol. The first kappa shape index (κ1) is 20.0. The third-order valence-electron chi connectivity index (χ3n) is 4.53. The maximum atomic E-state index is 11.7. The Kier molecular flexibility index (Phi) is 6.78. The minimum Gasteiger partial charge on any atom is -0.478 e. The van der Waals surface area contributed by atoms with Crippen LogP contribution in [0.5, 0.6) is 0 Å². The zero-order chi connectivity index (χ0) is 19.2. The number of imidazole rings is 1. The molecule has 0 radical (unpaired) electrons. The first-order valence-corrected chi connectivity index (χ1v) is 9.30. The van der Waals surface area contributed by atoms with E-state index in [4.69, 9.17) is 0 Å². The van der Waals surface area contributed by atoms with Gasteiger partial charge in [-0.15, -0.1) is 0 Å². The number of allylic oxidation sites excluding steroid dienone is 1. The van der Waals surface area contributed by atoms with Crippen molar-refractivity contribution in [2.75, 3.05) is 0 Å². The van der Waals surface area contributed by atoms with Gasteiger partial charge in [0, 0.05) is 18.9 Å². The summed E-state index contributed by atoms with van der Waals surface area (Å²) < 4.78 is 2.04. The van der Waals surface area contributed by atoms with Crippen LogP contribution in [0.3, 0.4) is 0 Å². The van der Waals surface area contributed by atoms with Gasteiger partial charge in [0.25, 0.3) is 0 Å². The van der Waals surface area contributed by atoms with Crippen LogP contribution >= 0.6 is 0 Å². The number of aromatic carboxylic acids is 1. The van der Waals surface area contributed by atoms with Crippen LogP contribution in [-0.2, 0) is 13.0 Å². The molecule has 0 fully saturated rings. The second kappa shape index (κ2) is 8.84. The molecular formula is C22H30N2O2. The van der Waals surface area contributed by atoms with Gasteiger partial charge in [-0.3, -0.25) is 0 Å². The number of hydrogen-bond acceptors (Lipinski definition) is 2. The van der Waals surface area contributed by atoms with E-state index in [2.05, 4.69) is 38.8 Å². The predicted molar refractivity (Wildman–Crippen MR) is 106 cm³/mol. The van der Waals surface area contributed by atoms with Crippen LogP contribution in [0.1, 0.15) is 68.4 Å². The Hall–Kier alpha value is -2.36. The van der Waals surface area contributed by atoms with E-state index < -0.39 is 5.97 Å². The lowest BCUT2D eigenvalue weighted by Crippen LogP contribution is -2.07. The fraction of sp³-hybridized carbons (Fsp3) is 0.455. The fourth-order valence-electron chi connectivity index (χ4n) is 3.14. The Bertz CT molecular complexity index is 753. The molecule has 4 nitrogen and oxygen atoms in total. The van der Waals surface area contributed by atoms with Gasteiger partial charge in [0.05, 0.1) is 11.9 Å². The van der Waals surface area contributed by atoms with Crippen LogP contribution in [0.25, 0.3) is 6.08 Å². The van der Waals surface area contributed by atoms with Gasteiger partial charge >= 0.3 is 5.97 Å². The summed E-state index contributed by atoms with van der Waals surface area (Å²) in [7, 11) is 0. The lowest BCUT2D eigenvalue weighted by molar-refractivity contribution is 0.0696. The summed E-state index contributed by atoms with van der Waals surface area (Å²) in [5.41, 5.74) is 3.82. The molecule has 0 aliphatic carbocycles. The summed E-state index contributed by atoms with van der Waals surface area (Å²) in [5, 5.41) is 9.59. The smallest absolute Gasteiger partial charge is 0.336 e. The van der Waals surface area contributed by atoms with Crippen LogP contribution in [0.4, 0.5) is 0 Å². The molecule has 0 aliphatic heterocycles. The van der Waals surface area contributed by atoms with Crippen molar-refractivity contribution in [1.82, 2.24) is 9.55 Å². The molecule has 1 heterocycles. The van der Waals surface area contributed by atoms with Crippen LogP contribution in [0.15, 0.2) is 42.5 Å². The molecule has 0 saturated heterocycles. The molecule has 0 unspecified atom stereocenters. The first-order chi connectivity index (χ1) is 12.3. The van der Waals surface area contributed by atoms with E-state index in [9.17, 15) is 9.90 Å². The highest BCUT2D eigenvalue weighted by Gasteiger charge is 2.14. The van der Waals surface area contributed by atoms with Crippen molar-refractivity contribution >= 4 is 12.0 Å². The molecule has 0 bridgehead atoms. The van der Waals surface area contributed by atoms with Crippen molar-refractivity contribution < 1.29 is 9.90 Å². The van der Waals surface area contributed by atoms with E-state index >= 15 is 0 Å². The van der Waals surface area contributed by atoms with Gasteiger partial charge in [-0.05, 0) is 53.9 Å². The number of aryl methyl sites for hydroxylation is 1. The molecule has 1 aromatic carbocycles. The van der Waals surface area contributed by atoms with Crippen molar-refractivity contribution in [3.8, 4) is 0 Å². The minimum absolute atomic E-state index is 0.299. The maximum Gasteiger partial charge on any atom is 0.336 e. The summed E-state index contributed by atoms with van der Waals surface area (Å²) in [6.45, 7) is 9.55. The molecule has 0 aliphatic rings. The summed E-state index contributed by atoms with van der Waals surface area (Å²) in [4.78, 5) is 15.8. The van der Waals surface area contributed by atoms with Gasteiger partial charge in [0.15, 0.2) is 0 Å². The molecule has 1 aromatic heterocycles. The highest BCUT2D eigenvalue weighted by atomic mass is 16.4. The van der Waals surface area contributed by atoms with Crippen molar-refractivity contribution in [2.24, 2.45) is 5.41 Å². The Balaban J connectivity index is 2.35. The molecule has 140 valence electrons. The van der Waals surface area contributed by atoms with E-state index in [0.717, 1.165) is 43.4 Å². The highest BCUT2D eigenvalue weighted by Crippen LogP contribution is 2.26. The molecule has 26 heavy (non-hydrogen) atoms. The summed E-state index contributed by atoms with van der Waals surface area (Å²) in [5.74, 6) is -0.872. The first-order valence-electron chi connectivity index (χ1n) is 9.30. The topological polar surface area (TPSA) is 55.1 Å². The lowest BCUT2D eigenvalue weighted by Gasteiger charge is -2.19. The molecule has 4 heteroatoms. The molecule has 2 rings (SSSR count). The number of rotatable bonds is 8. The molecular weight excluding hydrogens is 324 g/mol. The molecule has 0 atom stereocenters. The second-order valence-corrected chi connectivity index (χ2v) is 7.99. The minimum atomic E-state index is -0.872. The number of hydrogen-bond donors (Lipinski definition) is 1. The number of nitrogens with zero attached hydrogens (tertiary/aromatic N) is 2. The quantitative estimate of drug-likeness (QED) is 0.686. The van der Waals surface area contributed by atoms with Crippen molar-refractivity contribution in [3.05, 3.63) is 59.2 Å². The van der Waals surface area contributed by atoms with Gasteiger partial charge in [-0.1, -0.05) is 45.9 Å². The summed E-state index contributed by atoms with van der Waals surface area (Å²) in [6.07, 6.45) is 11.6. The van der Waals surface area contributed by atoms with E-state index in [1.54, 1.807) is 18.6 Å². The Morgan fingerprint density at radius 2 is 2.08 bits per heavy atom. The van der Waals surface area contributed by atoms with Crippen LogP contribution in [0.2, 0.25) is 0 Å². The van der Waals surface area contributed by atoms with E-state index in [1.165, 1.54) is 5.57 Å². The number of carboxylic acid groups (broad SMARTS) is 1. The van der Waals surface area contributed by atoms with Gasteiger partial charge in [-0.25, -0.2) is 9.78 Å². The highest BCUT2D eigenvalue weighted by molar-refractivity contribution is 5.93. The lowest BCUT2D eigenvalue weighted by atomic mass is 9.88. The second-order valence-electron chi connectivity index (χ2n) is 7.99. The SMILES string of the molecule is CCc1cccc(C(=O)O)c1C=C(CCCC(C)(C)C)Cn1ccnc1. The third-order valence-corrected chi connectivity index (χ3v) is 4.53. The van der Waals surface area contributed by atoms with Gasteiger partial charge < -0.3 is 9.67 Å². The average Bonchev–Trinajstić information content (AvgIpc) is 3.06. The third kappa shape index (κ3) is 5.87. The Morgan fingerprint density at radius 1 is 1.31 bits per heavy atom. The van der Waals surface area contributed by atoms with E-state index in [-0.39, 0.29) is 0 Å². The number of benzene rings is 1. The predicted octanol–water partition coefficient (Wildman–Crippen LogP) is 5.44. The van der Waals surface area contributed by atoms with Crippen molar-refractivity contribution in [1.29, 1.82) is 0 Å². The maximum absolute atomic E-state index is 11.7. The van der Waals surface area contributed by atoms with Crippen molar-refractivity contribution in [2.45, 2.75) is 59.9 Å². The normalized spacial score (nSPS) is 12.4. The van der Waals surface area contributed by atoms with Gasteiger partial charge in [-0.2, -0.15) is 0 Å². The summed E-state index contributed by atoms with van der Waals surface area (Å²) >= 11 is 0. The van der Waals surface area contributed by atoms with E-state index in [1.807, 2.05) is 22.9 Å². The zero-order valence-electron chi connectivity index (χ0n) is 16.3. The van der Waals surface area contributed by atoms with Crippen LogP contribution in [0, 0.1) is 5.41 Å². The molecule has 0 amide bonds. The Labute approximate surface area is 156 Å². The average molecular weight is 354 g/mol. The number of carbonyl (C=O) groups is 1. The van der Waals surface area contributed by atoms with Gasteiger partial charge in [0.2, 0.25) is 0 Å². The molecule has 0 spiro atoms. The number of aromatic nitrogens is 2. The summed E-state index contributed by atoms with van der Waals surface area (Å²) in [6, 6.07) is 5.54. The Morgan fingerprint density at radius 3 is 2.65 bits per heavy atom. The molecule has 2 aromatic rings. The van der Waals surface area contributed by atoms with E-state index in [0.29, 0.717) is 11.0 Å². The van der Waals surface area contributed by atoms with Crippen molar-refractivity contribution in [3.63, 3.8) is 0 Å². The zero-order valence-corrected chi connectivity index (χ0v) is 16.3. The largest absolute Gasteiger partial charge is 0.478 e. The standard InChI is InChI=1S/C22H30N2O2/c1-5-18-9-6-10-19(21(25)26)20(18)14-17(8-7-11-22(2,3)4)15-24-13-12-23-16-24/h6,9-10,12-14,16H,5,7-8,11,15H2,1-4H3,(H,25,26). The van der Waals surface area contributed by atoms with Crippen LogP contribution < -0.4 is 0 Å². The van der Waals surface area contributed by atoms with Crippen LogP contribution in [-0.4, -0.2) is 20.6 Å².